The SMILES string of the molecule is CC(C)Cc1ccc(-c2ncc3c(n2)COC3)cc1S(N)(=O)=O. The van der Waals surface area contributed by atoms with Crippen LogP contribution in [0.2, 0.25) is 0 Å². The summed E-state index contributed by atoms with van der Waals surface area (Å²) >= 11 is 0. The van der Waals surface area contributed by atoms with Crippen molar-refractivity contribution in [1.82, 2.24) is 9.97 Å². The van der Waals surface area contributed by atoms with Crippen LogP contribution >= 0.6 is 0 Å². The molecule has 23 heavy (non-hydrogen) atoms. The van der Waals surface area contributed by atoms with Crippen LogP contribution in [0.3, 0.4) is 0 Å². The van der Waals surface area contributed by atoms with Crippen molar-refractivity contribution in [2.45, 2.75) is 38.4 Å². The Morgan fingerprint density at radius 1 is 1.30 bits per heavy atom. The number of hydrogen-bond donors (Lipinski definition) is 1. The monoisotopic (exact) mass is 333 g/mol. The number of fused-ring (bicyclic) bond motifs is 1. The average molecular weight is 333 g/mol. The van der Waals surface area contributed by atoms with Gasteiger partial charge in [0, 0.05) is 17.3 Å². The van der Waals surface area contributed by atoms with E-state index in [-0.39, 0.29) is 4.90 Å². The molecule has 6 nitrogen and oxygen atoms in total. The minimum Gasteiger partial charge on any atom is -0.370 e. The highest BCUT2D eigenvalue weighted by Crippen LogP contribution is 2.26. The molecule has 0 radical (unpaired) electrons. The highest BCUT2D eigenvalue weighted by atomic mass is 32.2. The predicted molar refractivity (Wildman–Crippen MR) is 85.9 cm³/mol. The van der Waals surface area contributed by atoms with E-state index in [0.717, 1.165) is 16.8 Å². The van der Waals surface area contributed by atoms with Crippen LogP contribution in [0.4, 0.5) is 0 Å². The Labute approximate surface area is 135 Å². The molecule has 1 aliphatic heterocycles. The zero-order valence-corrected chi connectivity index (χ0v) is 13.9. The molecule has 0 amide bonds. The van der Waals surface area contributed by atoms with E-state index >= 15 is 0 Å². The molecule has 2 heterocycles. The molecule has 1 aromatic heterocycles. The van der Waals surface area contributed by atoms with Crippen LogP contribution < -0.4 is 5.14 Å². The first kappa shape index (κ1) is 16.0. The van der Waals surface area contributed by atoms with Crippen molar-refractivity contribution in [2.24, 2.45) is 11.1 Å². The van der Waals surface area contributed by atoms with Gasteiger partial charge in [0.25, 0.3) is 0 Å². The number of primary sulfonamides is 1. The number of nitrogens with zero attached hydrogens (tertiary/aromatic N) is 2. The molecule has 0 saturated heterocycles. The highest BCUT2D eigenvalue weighted by Gasteiger charge is 2.19. The summed E-state index contributed by atoms with van der Waals surface area (Å²) in [4.78, 5) is 8.92. The molecule has 7 heteroatoms. The maximum Gasteiger partial charge on any atom is 0.238 e. The summed E-state index contributed by atoms with van der Waals surface area (Å²) in [6.45, 7) is 5.04. The van der Waals surface area contributed by atoms with Gasteiger partial charge in [-0.3, -0.25) is 0 Å². The molecule has 0 spiro atoms. The van der Waals surface area contributed by atoms with Gasteiger partial charge in [-0.25, -0.2) is 23.5 Å². The molecular formula is C16H19N3O3S. The van der Waals surface area contributed by atoms with Crippen LogP contribution in [-0.2, 0) is 34.4 Å². The lowest BCUT2D eigenvalue weighted by molar-refractivity contribution is 0.133. The third kappa shape index (κ3) is 3.41. The average Bonchev–Trinajstić information content (AvgIpc) is 2.93. The highest BCUT2D eigenvalue weighted by molar-refractivity contribution is 7.89. The standard InChI is InChI=1S/C16H19N3O3S/c1-10(2)5-11-3-4-12(6-15(11)23(17,20)21)16-18-7-13-8-22-9-14(13)19-16/h3-4,6-7,10H,5,8-9H2,1-2H3,(H2,17,20,21). The molecule has 0 atom stereocenters. The number of benzene rings is 1. The Balaban J connectivity index is 2.07. The van der Waals surface area contributed by atoms with Gasteiger partial charge in [-0.1, -0.05) is 26.0 Å². The molecule has 1 aliphatic rings. The van der Waals surface area contributed by atoms with E-state index in [1.165, 1.54) is 0 Å². The molecule has 0 saturated carbocycles. The summed E-state index contributed by atoms with van der Waals surface area (Å²) in [5.41, 5.74) is 3.17. The smallest absolute Gasteiger partial charge is 0.238 e. The fourth-order valence-electron chi connectivity index (χ4n) is 2.65. The van der Waals surface area contributed by atoms with Gasteiger partial charge < -0.3 is 4.74 Å². The van der Waals surface area contributed by atoms with Gasteiger partial charge in [0.1, 0.15) is 0 Å². The van der Waals surface area contributed by atoms with Crippen LogP contribution in [0.1, 0.15) is 30.7 Å². The normalized spacial score (nSPS) is 14.3. The summed E-state index contributed by atoms with van der Waals surface area (Å²) in [6, 6.07) is 5.19. The number of ether oxygens (including phenoxy) is 1. The van der Waals surface area contributed by atoms with Crippen LogP contribution in [0.15, 0.2) is 29.3 Å². The van der Waals surface area contributed by atoms with Crippen LogP contribution in [0.25, 0.3) is 11.4 Å². The van der Waals surface area contributed by atoms with Crippen molar-refractivity contribution < 1.29 is 13.2 Å². The van der Waals surface area contributed by atoms with Crippen molar-refractivity contribution >= 4 is 10.0 Å². The lowest BCUT2D eigenvalue weighted by Gasteiger charge is -2.12. The molecule has 2 aromatic rings. The molecule has 0 unspecified atom stereocenters. The zero-order chi connectivity index (χ0) is 16.6. The van der Waals surface area contributed by atoms with Gasteiger partial charge in [-0.2, -0.15) is 0 Å². The van der Waals surface area contributed by atoms with E-state index < -0.39 is 10.0 Å². The minimum absolute atomic E-state index is 0.143. The fourth-order valence-corrected chi connectivity index (χ4v) is 3.46. The van der Waals surface area contributed by atoms with Crippen LogP contribution in [0, 0.1) is 5.92 Å². The second-order valence-electron chi connectivity index (χ2n) is 6.12. The quantitative estimate of drug-likeness (QED) is 0.923. The van der Waals surface area contributed by atoms with Crippen LogP contribution in [-0.4, -0.2) is 18.4 Å². The number of aromatic nitrogens is 2. The van der Waals surface area contributed by atoms with E-state index in [4.69, 9.17) is 9.88 Å². The lowest BCUT2D eigenvalue weighted by Crippen LogP contribution is -2.15. The zero-order valence-electron chi connectivity index (χ0n) is 13.1. The number of nitrogens with two attached hydrogens (primary N) is 1. The Morgan fingerprint density at radius 2 is 2.09 bits per heavy atom. The summed E-state index contributed by atoms with van der Waals surface area (Å²) in [7, 11) is -3.80. The van der Waals surface area contributed by atoms with E-state index in [1.54, 1.807) is 18.3 Å². The Kier molecular flexibility index (Phi) is 4.18. The Morgan fingerprint density at radius 3 is 2.78 bits per heavy atom. The number of rotatable bonds is 4. The van der Waals surface area contributed by atoms with Crippen molar-refractivity contribution in [2.75, 3.05) is 0 Å². The molecule has 3 rings (SSSR count). The minimum atomic E-state index is -3.80. The van der Waals surface area contributed by atoms with Crippen molar-refractivity contribution in [3.63, 3.8) is 0 Å². The summed E-state index contributed by atoms with van der Waals surface area (Å²) in [6.07, 6.45) is 2.37. The molecule has 0 aliphatic carbocycles. The van der Waals surface area contributed by atoms with Gasteiger partial charge in [-0.15, -0.1) is 0 Å². The second kappa shape index (κ2) is 5.99. The van der Waals surface area contributed by atoms with E-state index in [2.05, 4.69) is 9.97 Å². The van der Waals surface area contributed by atoms with Gasteiger partial charge in [0.2, 0.25) is 10.0 Å². The molecule has 0 fully saturated rings. The first-order valence-electron chi connectivity index (χ1n) is 7.43. The van der Waals surface area contributed by atoms with Gasteiger partial charge in [0.05, 0.1) is 23.8 Å². The van der Waals surface area contributed by atoms with Crippen LogP contribution in [0.5, 0.6) is 0 Å². The third-order valence-corrected chi connectivity index (χ3v) is 4.70. The maximum atomic E-state index is 11.9. The molecule has 122 valence electrons. The predicted octanol–water partition coefficient (Wildman–Crippen LogP) is 2.02. The topological polar surface area (TPSA) is 95.2 Å². The third-order valence-electron chi connectivity index (χ3n) is 3.71. The summed E-state index contributed by atoms with van der Waals surface area (Å²) < 4.78 is 29.2. The molecular weight excluding hydrogens is 314 g/mol. The fraction of sp³-hybridized carbons (Fsp3) is 0.375. The van der Waals surface area contributed by atoms with Crippen molar-refractivity contribution in [3.8, 4) is 11.4 Å². The first-order chi connectivity index (χ1) is 10.8. The summed E-state index contributed by atoms with van der Waals surface area (Å²) in [5, 5.41) is 5.38. The van der Waals surface area contributed by atoms with Gasteiger partial charge >= 0.3 is 0 Å². The first-order valence-corrected chi connectivity index (χ1v) is 8.98. The lowest BCUT2D eigenvalue weighted by atomic mass is 10.0. The molecule has 2 N–H and O–H groups in total. The maximum absolute atomic E-state index is 11.9. The largest absolute Gasteiger partial charge is 0.370 e. The van der Waals surface area contributed by atoms with Gasteiger partial charge in [-0.05, 0) is 24.0 Å². The number of hydrogen-bond acceptors (Lipinski definition) is 5. The Bertz CT molecular complexity index is 848. The van der Waals surface area contributed by atoms with Crippen molar-refractivity contribution in [3.05, 3.63) is 41.2 Å². The number of sulfonamides is 1. The Hall–Kier alpha value is -1.83. The van der Waals surface area contributed by atoms with E-state index in [1.807, 2.05) is 19.9 Å². The van der Waals surface area contributed by atoms with E-state index in [0.29, 0.717) is 36.9 Å². The van der Waals surface area contributed by atoms with Gasteiger partial charge in [0.15, 0.2) is 5.82 Å². The summed E-state index contributed by atoms with van der Waals surface area (Å²) in [5.74, 6) is 0.810. The van der Waals surface area contributed by atoms with Crippen molar-refractivity contribution in [1.29, 1.82) is 0 Å². The molecule has 1 aromatic carbocycles. The van der Waals surface area contributed by atoms with E-state index in [9.17, 15) is 8.42 Å². The molecule has 0 bridgehead atoms. The second-order valence-corrected chi connectivity index (χ2v) is 7.65.